The van der Waals surface area contributed by atoms with Crippen LogP contribution in [0.25, 0.3) is 23.0 Å². The van der Waals surface area contributed by atoms with Crippen LogP contribution in [-0.4, -0.2) is 37.4 Å². The summed E-state index contributed by atoms with van der Waals surface area (Å²) in [4.78, 5) is 28.0. The van der Waals surface area contributed by atoms with Crippen LogP contribution in [-0.2, 0) is 16.8 Å². The minimum Gasteiger partial charge on any atom is -0.481 e. The number of hydrogen-bond donors (Lipinski definition) is 1. The monoisotopic (exact) mass is 512 g/mol. The van der Waals surface area contributed by atoms with Gasteiger partial charge in [-0.1, -0.05) is 29.4 Å². The Morgan fingerprint density at radius 2 is 1.86 bits per heavy atom. The maximum absolute atomic E-state index is 12.5. The molecule has 37 heavy (non-hydrogen) atoms. The predicted octanol–water partition coefficient (Wildman–Crippen LogP) is 4.41. The van der Waals surface area contributed by atoms with E-state index in [2.05, 4.69) is 20.0 Å². The van der Waals surface area contributed by atoms with Crippen molar-refractivity contribution < 1.29 is 32.3 Å². The van der Waals surface area contributed by atoms with Gasteiger partial charge in [-0.15, -0.1) is 13.2 Å². The van der Waals surface area contributed by atoms with Crippen molar-refractivity contribution in [3.8, 4) is 28.7 Å². The van der Waals surface area contributed by atoms with E-state index in [1.807, 2.05) is 24.3 Å². The van der Waals surface area contributed by atoms with Crippen LogP contribution in [0.15, 0.2) is 70.0 Å². The number of ether oxygens (including phenoxy) is 1. The summed E-state index contributed by atoms with van der Waals surface area (Å²) in [5, 5.41) is 17.4. The second kappa shape index (κ2) is 9.19. The number of alkyl halides is 3. The number of aliphatic carboxylic acids is 1. The Kier molecular flexibility index (Phi) is 6.02. The molecule has 1 N–H and O–H groups in total. The van der Waals surface area contributed by atoms with Crippen molar-refractivity contribution in [1.82, 2.24) is 19.9 Å². The SMILES string of the molecule is O=C(O)CC1(c2cccc(Cn3nc(-c4nc(-c5ccc(OC(F)(F)F)cc5)no4)ccc3=O)c2)CC1. The second-order valence-corrected chi connectivity index (χ2v) is 8.76. The Labute approximate surface area is 207 Å². The normalized spacial score (nSPS) is 14.4. The smallest absolute Gasteiger partial charge is 0.481 e. The molecule has 2 aromatic carbocycles. The first kappa shape index (κ1) is 24.2. The van der Waals surface area contributed by atoms with Gasteiger partial charge >= 0.3 is 12.3 Å². The Hall–Kier alpha value is -4.48. The van der Waals surface area contributed by atoms with E-state index in [0.717, 1.165) is 36.1 Å². The number of hydrogen-bond acceptors (Lipinski definition) is 7. The maximum Gasteiger partial charge on any atom is 0.573 e. The molecule has 190 valence electrons. The van der Waals surface area contributed by atoms with Gasteiger partial charge in [0.1, 0.15) is 11.4 Å². The van der Waals surface area contributed by atoms with E-state index in [9.17, 15) is 27.9 Å². The highest BCUT2D eigenvalue weighted by molar-refractivity contribution is 5.70. The summed E-state index contributed by atoms with van der Waals surface area (Å²) < 4.78 is 47.4. The molecule has 0 radical (unpaired) electrons. The fourth-order valence-electron chi connectivity index (χ4n) is 4.11. The van der Waals surface area contributed by atoms with Crippen molar-refractivity contribution >= 4 is 5.97 Å². The van der Waals surface area contributed by atoms with Gasteiger partial charge in [0.05, 0.1) is 13.0 Å². The molecule has 2 aromatic heterocycles. The molecule has 0 amide bonds. The van der Waals surface area contributed by atoms with Crippen LogP contribution in [0.4, 0.5) is 13.2 Å². The molecule has 12 heteroatoms. The molecule has 0 unspecified atom stereocenters. The largest absolute Gasteiger partial charge is 0.573 e. The lowest BCUT2D eigenvalue weighted by Gasteiger charge is -2.14. The molecule has 9 nitrogen and oxygen atoms in total. The van der Waals surface area contributed by atoms with Crippen LogP contribution in [0.3, 0.4) is 0 Å². The molecule has 1 aliphatic carbocycles. The van der Waals surface area contributed by atoms with Gasteiger partial charge < -0.3 is 14.4 Å². The minimum atomic E-state index is -4.80. The highest BCUT2D eigenvalue weighted by Gasteiger charge is 2.45. The fraction of sp³-hybridized carbons (Fsp3) is 0.240. The van der Waals surface area contributed by atoms with Crippen LogP contribution < -0.4 is 10.3 Å². The summed E-state index contributed by atoms with van der Waals surface area (Å²) in [6.07, 6.45) is -3.14. The molecule has 1 fully saturated rings. The number of nitrogens with zero attached hydrogens (tertiary/aromatic N) is 4. The Balaban J connectivity index is 1.35. The van der Waals surface area contributed by atoms with E-state index in [1.54, 1.807) is 0 Å². The lowest BCUT2D eigenvalue weighted by atomic mass is 9.91. The quantitative estimate of drug-likeness (QED) is 0.369. The number of halogens is 3. The number of aromatic nitrogens is 4. The summed E-state index contributed by atoms with van der Waals surface area (Å²) in [7, 11) is 0. The molecular formula is C25H19F3N4O5. The lowest BCUT2D eigenvalue weighted by molar-refractivity contribution is -0.274. The van der Waals surface area contributed by atoms with Crippen molar-refractivity contribution in [2.24, 2.45) is 0 Å². The summed E-state index contributed by atoms with van der Waals surface area (Å²) in [6, 6.07) is 15.2. The first-order valence-corrected chi connectivity index (χ1v) is 11.2. The zero-order valence-corrected chi connectivity index (χ0v) is 19.1. The van der Waals surface area contributed by atoms with Crippen molar-refractivity contribution in [3.63, 3.8) is 0 Å². The molecule has 0 aliphatic heterocycles. The van der Waals surface area contributed by atoms with E-state index in [4.69, 9.17) is 4.52 Å². The van der Waals surface area contributed by atoms with E-state index in [-0.39, 0.29) is 47.1 Å². The van der Waals surface area contributed by atoms with Gasteiger partial charge in [-0.2, -0.15) is 10.1 Å². The van der Waals surface area contributed by atoms with Gasteiger partial charge in [0.25, 0.3) is 11.4 Å². The van der Waals surface area contributed by atoms with Gasteiger partial charge in [-0.25, -0.2) is 4.68 Å². The summed E-state index contributed by atoms with van der Waals surface area (Å²) in [6.45, 7) is 0.144. The third-order valence-electron chi connectivity index (χ3n) is 6.07. The van der Waals surface area contributed by atoms with Gasteiger partial charge in [0, 0.05) is 17.0 Å². The number of carboxylic acids is 1. The second-order valence-electron chi connectivity index (χ2n) is 8.76. The van der Waals surface area contributed by atoms with E-state index in [1.165, 1.54) is 28.9 Å². The van der Waals surface area contributed by atoms with Gasteiger partial charge in [0.2, 0.25) is 5.82 Å². The van der Waals surface area contributed by atoms with E-state index < -0.39 is 12.3 Å². The van der Waals surface area contributed by atoms with Gasteiger partial charge in [0.15, 0.2) is 0 Å². The number of benzene rings is 2. The average Bonchev–Trinajstić information content (AvgIpc) is 3.44. The molecule has 4 aromatic rings. The molecule has 1 aliphatic rings. The van der Waals surface area contributed by atoms with Gasteiger partial charge in [-0.05, 0) is 54.3 Å². The topological polar surface area (TPSA) is 120 Å². The fourth-order valence-corrected chi connectivity index (χ4v) is 4.11. The zero-order chi connectivity index (χ0) is 26.2. The minimum absolute atomic E-state index is 0.0199. The molecule has 0 spiro atoms. The summed E-state index contributed by atoms with van der Waals surface area (Å²) in [5.74, 6) is -1.09. The third kappa shape index (κ3) is 5.52. The molecule has 5 rings (SSSR count). The van der Waals surface area contributed by atoms with Crippen molar-refractivity contribution in [3.05, 3.63) is 82.1 Å². The molecule has 0 saturated heterocycles. The van der Waals surface area contributed by atoms with Crippen LogP contribution in [0.1, 0.15) is 30.4 Å². The standard InChI is InChI=1S/C25H19F3N4O5/c26-25(27,28)36-18-6-4-16(5-7-18)22-29-23(37-31-22)19-8-9-20(33)32(30-19)14-15-2-1-3-17(12-15)24(10-11-24)13-21(34)35/h1-9,12H,10-11,13-14H2,(H,34,35). The van der Waals surface area contributed by atoms with Crippen LogP contribution >= 0.6 is 0 Å². The highest BCUT2D eigenvalue weighted by Crippen LogP contribution is 2.51. The maximum atomic E-state index is 12.5. The Morgan fingerprint density at radius 3 is 2.54 bits per heavy atom. The molecule has 0 bridgehead atoms. The Morgan fingerprint density at radius 1 is 1.11 bits per heavy atom. The first-order chi connectivity index (χ1) is 17.6. The highest BCUT2D eigenvalue weighted by atomic mass is 19.4. The number of rotatable bonds is 8. The zero-order valence-electron chi connectivity index (χ0n) is 19.1. The summed E-state index contributed by atoms with van der Waals surface area (Å²) >= 11 is 0. The molecule has 1 saturated carbocycles. The number of carbonyl (C=O) groups is 1. The van der Waals surface area contributed by atoms with Gasteiger partial charge in [-0.3, -0.25) is 9.59 Å². The van der Waals surface area contributed by atoms with Crippen LogP contribution in [0, 0.1) is 0 Å². The van der Waals surface area contributed by atoms with Crippen LogP contribution in [0.2, 0.25) is 0 Å². The van der Waals surface area contributed by atoms with E-state index in [0.29, 0.717) is 5.56 Å². The van der Waals surface area contributed by atoms with Crippen molar-refractivity contribution in [2.45, 2.75) is 37.6 Å². The molecular weight excluding hydrogens is 493 g/mol. The van der Waals surface area contributed by atoms with Crippen LogP contribution in [0.5, 0.6) is 5.75 Å². The Bertz CT molecular complexity index is 1510. The average molecular weight is 512 g/mol. The predicted molar refractivity (Wildman–Crippen MR) is 123 cm³/mol. The molecule has 2 heterocycles. The van der Waals surface area contributed by atoms with Crippen molar-refractivity contribution in [2.75, 3.05) is 0 Å². The summed E-state index contributed by atoms with van der Waals surface area (Å²) in [5.41, 5.74) is 1.61. The van der Waals surface area contributed by atoms with Crippen molar-refractivity contribution in [1.29, 1.82) is 0 Å². The first-order valence-electron chi connectivity index (χ1n) is 11.2. The van der Waals surface area contributed by atoms with E-state index >= 15 is 0 Å². The lowest BCUT2D eigenvalue weighted by Crippen LogP contribution is -2.23. The third-order valence-corrected chi connectivity index (χ3v) is 6.07. The number of carboxylic acid groups (broad SMARTS) is 1. The molecule has 0 atom stereocenters.